The van der Waals surface area contributed by atoms with Crippen LogP contribution < -0.4 is 14.5 Å². The summed E-state index contributed by atoms with van der Waals surface area (Å²) in [5.41, 5.74) is 4.34. The molecule has 2 atom stereocenters. The summed E-state index contributed by atoms with van der Waals surface area (Å²) in [6, 6.07) is 25.0. The lowest BCUT2D eigenvalue weighted by molar-refractivity contribution is 0.0788. The topological polar surface area (TPSA) is 78.6 Å². The van der Waals surface area contributed by atoms with E-state index in [0.29, 0.717) is 44.8 Å². The lowest BCUT2D eigenvalue weighted by atomic mass is 10.0. The number of hydrogen-bond acceptors (Lipinski definition) is 8. The summed E-state index contributed by atoms with van der Waals surface area (Å²) in [6.45, 7) is 16.1. The predicted molar refractivity (Wildman–Crippen MR) is 192 cm³/mol. The lowest BCUT2D eigenvalue weighted by Gasteiger charge is -2.40. The quantitative estimate of drug-likeness (QED) is 0.207. The molecule has 0 N–H and O–H groups in total. The van der Waals surface area contributed by atoms with Crippen LogP contribution in [0.25, 0.3) is 15.6 Å². The van der Waals surface area contributed by atoms with E-state index in [-0.39, 0.29) is 30.8 Å². The number of likely N-dealkylation sites (tertiary alicyclic amines) is 1. The number of fused-ring (bicyclic) bond motifs is 2. The minimum absolute atomic E-state index is 0.134. The fourth-order valence-electron chi connectivity index (χ4n) is 7.51. The van der Waals surface area contributed by atoms with Gasteiger partial charge in [-0.2, -0.15) is 9.97 Å². The molecule has 3 aliphatic heterocycles. The van der Waals surface area contributed by atoms with Crippen LogP contribution in [0.3, 0.4) is 0 Å². The van der Waals surface area contributed by atoms with E-state index in [0.717, 1.165) is 48.4 Å². The number of benzene rings is 3. The fourth-order valence-corrected chi connectivity index (χ4v) is 7.51. The third kappa shape index (κ3) is 6.86. The molecule has 1 aromatic heterocycles. The van der Waals surface area contributed by atoms with Crippen molar-refractivity contribution in [3.63, 3.8) is 0 Å². The van der Waals surface area contributed by atoms with Gasteiger partial charge in [-0.15, -0.1) is 0 Å². The highest BCUT2D eigenvalue weighted by molar-refractivity contribution is 5.94. The largest absolute Gasteiger partial charge is 0.462 e. The smallest absolute Gasteiger partial charge is 0.410 e. The number of carbonyl (C=O) groups is 1. The molecule has 3 aromatic carbocycles. The number of piperazine rings is 1. The van der Waals surface area contributed by atoms with Crippen LogP contribution in [-0.4, -0.2) is 89.9 Å². The highest BCUT2D eigenvalue weighted by Crippen LogP contribution is 2.36. The standard InChI is InChI=1S/C39H45N7O3/c1-39(2)19-17-30(43(39)4)27-48-37-41-34-25-44(35-16-10-14-29-13-8-9-15-32(29)35)20-18-33(34)36(42-37)45-21-22-46(31(24-45)23-40-3)38(47)49-26-28-11-6-5-7-12-28/h5-16,30-31H,17-27H2,1-2,4H3/t30-,31?/m0/s1. The molecule has 0 bridgehead atoms. The van der Waals surface area contributed by atoms with Crippen LogP contribution in [0.4, 0.5) is 16.3 Å². The molecule has 0 aliphatic carbocycles. The van der Waals surface area contributed by atoms with Crippen LogP contribution >= 0.6 is 0 Å². The molecule has 7 rings (SSSR count). The molecule has 4 aromatic rings. The molecule has 4 heterocycles. The van der Waals surface area contributed by atoms with Crippen molar-refractivity contribution in [3.8, 4) is 6.01 Å². The Morgan fingerprint density at radius 1 is 0.959 bits per heavy atom. The second kappa shape index (κ2) is 13.9. The number of anilines is 2. The first-order chi connectivity index (χ1) is 23.8. The molecule has 1 amide bonds. The monoisotopic (exact) mass is 659 g/mol. The van der Waals surface area contributed by atoms with Gasteiger partial charge in [0.25, 0.3) is 0 Å². The number of rotatable bonds is 8. The number of hydrogen-bond donors (Lipinski definition) is 0. The van der Waals surface area contributed by atoms with Crippen molar-refractivity contribution >= 4 is 28.4 Å². The van der Waals surface area contributed by atoms with Crippen LogP contribution in [-0.2, 0) is 24.3 Å². The van der Waals surface area contributed by atoms with Gasteiger partial charge >= 0.3 is 12.1 Å². The van der Waals surface area contributed by atoms with E-state index in [9.17, 15) is 4.79 Å². The van der Waals surface area contributed by atoms with E-state index < -0.39 is 0 Å². The zero-order valence-corrected chi connectivity index (χ0v) is 28.7. The van der Waals surface area contributed by atoms with Crippen molar-refractivity contribution in [2.24, 2.45) is 0 Å². The van der Waals surface area contributed by atoms with Crippen LogP contribution in [0.1, 0.15) is 43.5 Å². The van der Waals surface area contributed by atoms with Crippen molar-refractivity contribution in [2.75, 3.05) is 56.2 Å². The summed E-state index contributed by atoms with van der Waals surface area (Å²) in [5, 5.41) is 2.44. The van der Waals surface area contributed by atoms with Crippen molar-refractivity contribution in [1.29, 1.82) is 0 Å². The highest BCUT2D eigenvalue weighted by Gasteiger charge is 2.38. The highest BCUT2D eigenvalue weighted by atomic mass is 16.6. The Labute approximate surface area is 289 Å². The molecule has 254 valence electrons. The molecule has 2 fully saturated rings. The second-order valence-electron chi connectivity index (χ2n) is 14.0. The zero-order valence-electron chi connectivity index (χ0n) is 28.7. The Hall–Kier alpha value is -4.88. The van der Waals surface area contributed by atoms with Gasteiger partial charge in [0, 0.05) is 54.4 Å². The molecular weight excluding hydrogens is 614 g/mol. The van der Waals surface area contributed by atoms with E-state index in [2.05, 4.69) is 82.9 Å². The Kier molecular flexibility index (Phi) is 9.28. The molecular formula is C39H45N7O3. The first-order valence-electron chi connectivity index (χ1n) is 17.3. The molecule has 3 aliphatic rings. The lowest BCUT2D eigenvalue weighted by Crippen LogP contribution is -2.57. The summed E-state index contributed by atoms with van der Waals surface area (Å²) in [5.74, 6) is 0.852. The van der Waals surface area contributed by atoms with Gasteiger partial charge in [-0.3, -0.25) is 9.80 Å². The Morgan fingerprint density at radius 3 is 2.55 bits per heavy atom. The van der Waals surface area contributed by atoms with Gasteiger partial charge in [0.1, 0.15) is 25.1 Å². The van der Waals surface area contributed by atoms with E-state index in [1.165, 1.54) is 16.5 Å². The number of carbonyl (C=O) groups excluding carboxylic acids is 1. The summed E-state index contributed by atoms with van der Waals surface area (Å²) < 4.78 is 12.1. The van der Waals surface area contributed by atoms with Gasteiger partial charge in [0.05, 0.1) is 12.2 Å². The molecule has 1 unspecified atom stereocenters. The second-order valence-corrected chi connectivity index (χ2v) is 14.0. The number of amides is 1. The summed E-state index contributed by atoms with van der Waals surface area (Å²) >= 11 is 0. The molecule has 10 nitrogen and oxygen atoms in total. The van der Waals surface area contributed by atoms with Gasteiger partial charge in [-0.25, -0.2) is 11.4 Å². The zero-order chi connectivity index (χ0) is 34.0. The van der Waals surface area contributed by atoms with Gasteiger partial charge in [0.15, 0.2) is 0 Å². The Morgan fingerprint density at radius 2 is 1.76 bits per heavy atom. The average Bonchev–Trinajstić information content (AvgIpc) is 3.39. The maximum Gasteiger partial charge on any atom is 0.410 e. The summed E-state index contributed by atoms with van der Waals surface area (Å²) in [6.07, 6.45) is 2.58. The van der Waals surface area contributed by atoms with Crippen molar-refractivity contribution in [2.45, 2.75) is 63.9 Å². The number of ether oxygens (including phenoxy) is 2. The summed E-state index contributed by atoms with van der Waals surface area (Å²) in [4.78, 5) is 35.8. The Bertz CT molecular complexity index is 1840. The van der Waals surface area contributed by atoms with E-state index in [4.69, 9.17) is 26.0 Å². The van der Waals surface area contributed by atoms with Crippen molar-refractivity contribution < 1.29 is 14.3 Å². The summed E-state index contributed by atoms with van der Waals surface area (Å²) in [7, 11) is 2.17. The first kappa shape index (κ1) is 32.7. The average molecular weight is 660 g/mol. The molecule has 0 saturated carbocycles. The van der Waals surface area contributed by atoms with Gasteiger partial charge < -0.3 is 24.1 Å². The maximum atomic E-state index is 13.3. The van der Waals surface area contributed by atoms with Crippen LogP contribution in [0.2, 0.25) is 0 Å². The van der Waals surface area contributed by atoms with Gasteiger partial charge in [-0.1, -0.05) is 66.7 Å². The van der Waals surface area contributed by atoms with E-state index >= 15 is 0 Å². The fraction of sp³-hybridized carbons (Fsp3) is 0.436. The molecule has 0 radical (unpaired) electrons. The minimum atomic E-state index is -0.389. The van der Waals surface area contributed by atoms with Crippen LogP contribution in [0.5, 0.6) is 6.01 Å². The number of likely N-dealkylation sites (N-methyl/N-ethyl adjacent to an activating group) is 1. The van der Waals surface area contributed by atoms with Gasteiger partial charge in [-0.05, 0) is 57.2 Å². The third-order valence-electron chi connectivity index (χ3n) is 10.7. The number of nitrogens with zero attached hydrogens (tertiary/aromatic N) is 7. The molecule has 49 heavy (non-hydrogen) atoms. The van der Waals surface area contributed by atoms with E-state index in [1.807, 2.05) is 30.3 Å². The SMILES string of the molecule is [C-]#[N+]CC1CN(c2nc(OC[C@@H]3CCC(C)(C)N3C)nc3c2CCN(c2cccc4ccccc24)C3)CCN1C(=O)OCc1ccccc1. The molecule has 10 heteroatoms. The normalized spacial score (nSPS) is 20.6. The minimum Gasteiger partial charge on any atom is -0.462 e. The predicted octanol–water partition coefficient (Wildman–Crippen LogP) is 6.19. The maximum absolute atomic E-state index is 13.3. The number of aromatic nitrogens is 2. The third-order valence-corrected chi connectivity index (χ3v) is 10.7. The molecule has 2 saturated heterocycles. The Balaban J connectivity index is 1.15. The first-order valence-corrected chi connectivity index (χ1v) is 17.3. The van der Waals surface area contributed by atoms with E-state index in [1.54, 1.807) is 4.90 Å². The molecule has 0 spiro atoms. The van der Waals surface area contributed by atoms with Crippen molar-refractivity contribution in [1.82, 2.24) is 19.8 Å². The van der Waals surface area contributed by atoms with Crippen LogP contribution in [0.15, 0.2) is 72.8 Å². The van der Waals surface area contributed by atoms with Gasteiger partial charge in [0.2, 0.25) is 6.54 Å². The van der Waals surface area contributed by atoms with Crippen LogP contribution in [0, 0.1) is 6.57 Å². The van der Waals surface area contributed by atoms with Crippen molar-refractivity contribution in [3.05, 3.63) is 101 Å².